The largest absolute Gasteiger partial charge is 0.480 e. The SMILES string of the molecule is CC(=O)N[C@@H](CS(=O)CCN1CCN(C)CC1)C(=O)O. The summed E-state index contributed by atoms with van der Waals surface area (Å²) in [7, 11) is 0.821. The monoisotopic (exact) mass is 305 g/mol. The van der Waals surface area contributed by atoms with E-state index in [-0.39, 0.29) is 5.75 Å². The van der Waals surface area contributed by atoms with E-state index in [0.29, 0.717) is 12.3 Å². The molecule has 0 aromatic rings. The average Bonchev–Trinajstić information content (AvgIpc) is 2.36. The highest BCUT2D eigenvalue weighted by Gasteiger charge is 2.22. The first-order valence-corrected chi connectivity index (χ1v) is 8.13. The molecular formula is C12H23N3O4S. The molecule has 0 spiro atoms. The lowest BCUT2D eigenvalue weighted by Crippen LogP contribution is -2.47. The Hall–Kier alpha value is -0.990. The number of amides is 1. The minimum atomic E-state index is -1.25. The van der Waals surface area contributed by atoms with Gasteiger partial charge in [-0.15, -0.1) is 0 Å². The Bertz CT molecular complexity index is 370. The van der Waals surface area contributed by atoms with Gasteiger partial charge in [-0.25, -0.2) is 4.79 Å². The number of hydrogen-bond donors (Lipinski definition) is 2. The molecule has 1 heterocycles. The molecule has 2 atom stereocenters. The standard InChI is InChI=1S/C12H23N3O4S/c1-10(16)13-11(12(17)18)9-20(19)8-7-15-5-3-14(2)4-6-15/h11H,3-9H2,1-2H3,(H,13,16)(H,17,18)/t11-,20?/m0/s1. The lowest BCUT2D eigenvalue weighted by Gasteiger charge is -2.32. The second kappa shape index (κ2) is 8.33. The van der Waals surface area contributed by atoms with Gasteiger partial charge in [-0.05, 0) is 7.05 Å². The zero-order chi connectivity index (χ0) is 15.1. The molecule has 1 aliphatic heterocycles. The summed E-state index contributed by atoms with van der Waals surface area (Å²) in [6.07, 6.45) is 0. The van der Waals surface area contributed by atoms with Crippen LogP contribution in [0.15, 0.2) is 0 Å². The van der Waals surface area contributed by atoms with E-state index < -0.39 is 28.7 Å². The molecule has 1 fully saturated rings. The molecule has 116 valence electrons. The number of rotatable bonds is 7. The predicted octanol–water partition coefficient (Wildman–Crippen LogP) is -1.43. The molecule has 0 aromatic heterocycles. The average molecular weight is 305 g/mol. The Morgan fingerprint density at radius 3 is 2.40 bits per heavy atom. The van der Waals surface area contributed by atoms with Gasteiger partial charge in [0.1, 0.15) is 6.04 Å². The second-order valence-corrected chi connectivity index (χ2v) is 6.67. The number of carbonyl (C=O) groups is 2. The number of carboxylic acid groups (broad SMARTS) is 1. The van der Waals surface area contributed by atoms with Crippen molar-refractivity contribution in [3.63, 3.8) is 0 Å². The van der Waals surface area contributed by atoms with Crippen LogP contribution in [0.4, 0.5) is 0 Å². The van der Waals surface area contributed by atoms with Crippen LogP contribution in [0.25, 0.3) is 0 Å². The highest BCUT2D eigenvalue weighted by molar-refractivity contribution is 7.85. The number of aliphatic carboxylic acids is 1. The summed E-state index contributed by atoms with van der Waals surface area (Å²) < 4.78 is 11.9. The van der Waals surface area contributed by atoms with E-state index in [2.05, 4.69) is 22.2 Å². The topological polar surface area (TPSA) is 90.0 Å². The maximum atomic E-state index is 11.9. The van der Waals surface area contributed by atoms with Crippen molar-refractivity contribution in [2.75, 3.05) is 51.3 Å². The lowest BCUT2D eigenvalue weighted by molar-refractivity contribution is -0.140. The fourth-order valence-corrected chi connectivity index (χ4v) is 3.22. The van der Waals surface area contributed by atoms with Crippen LogP contribution in [-0.2, 0) is 20.4 Å². The molecule has 0 aliphatic carbocycles. The van der Waals surface area contributed by atoms with Crippen LogP contribution >= 0.6 is 0 Å². The molecule has 0 aromatic carbocycles. The Morgan fingerprint density at radius 1 is 1.30 bits per heavy atom. The maximum Gasteiger partial charge on any atom is 0.327 e. The van der Waals surface area contributed by atoms with Crippen molar-refractivity contribution >= 4 is 22.7 Å². The number of likely N-dealkylation sites (N-methyl/N-ethyl adjacent to an activating group) is 1. The van der Waals surface area contributed by atoms with E-state index in [0.717, 1.165) is 26.2 Å². The number of carboxylic acids is 1. The number of nitrogens with one attached hydrogen (secondary N) is 1. The van der Waals surface area contributed by atoms with E-state index in [4.69, 9.17) is 5.11 Å². The fraction of sp³-hybridized carbons (Fsp3) is 0.833. The van der Waals surface area contributed by atoms with Gasteiger partial charge in [0, 0.05) is 56.2 Å². The highest BCUT2D eigenvalue weighted by Crippen LogP contribution is 2.00. The molecule has 0 radical (unpaired) electrons. The van der Waals surface area contributed by atoms with Crippen LogP contribution in [0.3, 0.4) is 0 Å². The molecule has 1 aliphatic rings. The van der Waals surface area contributed by atoms with E-state index in [9.17, 15) is 13.8 Å². The fourth-order valence-electron chi connectivity index (χ4n) is 1.99. The number of hydrogen-bond acceptors (Lipinski definition) is 5. The van der Waals surface area contributed by atoms with Gasteiger partial charge in [0.2, 0.25) is 5.91 Å². The van der Waals surface area contributed by atoms with Gasteiger partial charge in [0.05, 0.1) is 5.75 Å². The Balaban J connectivity index is 2.31. The van der Waals surface area contributed by atoms with Crippen molar-refractivity contribution in [3.05, 3.63) is 0 Å². The Kier molecular flexibility index (Phi) is 7.11. The number of nitrogens with zero attached hydrogens (tertiary/aromatic N) is 2. The zero-order valence-corrected chi connectivity index (χ0v) is 12.8. The molecule has 20 heavy (non-hydrogen) atoms. The predicted molar refractivity (Wildman–Crippen MR) is 77.1 cm³/mol. The minimum absolute atomic E-state index is 0.0390. The Morgan fingerprint density at radius 2 is 1.90 bits per heavy atom. The molecular weight excluding hydrogens is 282 g/mol. The van der Waals surface area contributed by atoms with Crippen LogP contribution in [0.2, 0.25) is 0 Å². The first kappa shape index (κ1) is 17.1. The van der Waals surface area contributed by atoms with Crippen molar-refractivity contribution in [2.45, 2.75) is 13.0 Å². The summed E-state index contributed by atoms with van der Waals surface area (Å²) in [6, 6.07) is -1.07. The summed E-state index contributed by atoms with van der Waals surface area (Å²) in [5.41, 5.74) is 0. The third kappa shape index (κ3) is 6.44. The summed E-state index contributed by atoms with van der Waals surface area (Å²) in [6.45, 7) is 5.84. The van der Waals surface area contributed by atoms with Crippen LogP contribution in [0, 0.1) is 0 Å². The van der Waals surface area contributed by atoms with Gasteiger partial charge in [-0.1, -0.05) is 0 Å². The minimum Gasteiger partial charge on any atom is -0.480 e. The number of piperazine rings is 1. The summed E-state index contributed by atoms with van der Waals surface area (Å²) >= 11 is 0. The van der Waals surface area contributed by atoms with Crippen LogP contribution < -0.4 is 5.32 Å². The van der Waals surface area contributed by atoms with Gasteiger partial charge < -0.3 is 15.3 Å². The second-order valence-electron chi connectivity index (χ2n) is 5.05. The molecule has 2 N–H and O–H groups in total. The summed E-state index contributed by atoms with van der Waals surface area (Å²) in [4.78, 5) is 26.3. The third-order valence-corrected chi connectivity index (χ3v) is 4.60. The van der Waals surface area contributed by atoms with E-state index in [1.165, 1.54) is 6.92 Å². The smallest absolute Gasteiger partial charge is 0.327 e. The van der Waals surface area contributed by atoms with E-state index in [1.807, 2.05) is 0 Å². The van der Waals surface area contributed by atoms with E-state index in [1.54, 1.807) is 0 Å². The van der Waals surface area contributed by atoms with Crippen molar-refractivity contribution in [1.82, 2.24) is 15.1 Å². The molecule has 1 rings (SSSR count). The van der Waals surface area contributed by atoms with Gasteiger partial charge in [-0.2, -0.15) is 0 Å². The van der Waals surface area contributed by atoms with Gasteiger partial charge in [0.15, 0.2) is 0 Å². The zero-order valence-electron chi connectivity index (χ0n) is 12.0. The molecule has 1 amide bonds. The molecule has 1 saturated heterocycles. The van der Waals surface area contributed by atoms with Crippen molar-refractivity contribution < 1.29 is 18.9 Å². The van der Waals surface area contributed by atoms with Gasteiger partial charge in [0.25, 0.3) is 0 Å². The number of carbonyl (C=O) groups excluding carboxylic acids is 1. The molecule has 0 bridgehead atoms. The molecule has 7 nitrogen and oxygen atoms in total. The van der Waals surface area contributed by atoms with Crippen LogP contribution in [-0.4, -0.2) is 88.3 Å². The lowest BCUT2D eigenvalue weighted by atomic mass is 10.3. The first-order valence-electron chi connectivity index (χ1n) is 6.64. The summed E-state index contributed by atoms with van der Waals surface area (Å²) in [5, 5.41) is 11.3. The highest BCUT2D eigenvalue weighted by atomic mass is 32.2. The molecule has 8 heteroatoms. The van der Waals surface area contributed by atoms with Crippen molar-refractivity contribution in [2.24, 2.45) is 0 Å². The molecule has 1 unspecified atom stereocenters. The van der Waals surface area contributed by atoms with E-state index >= 15 is 0 Å². The third-order valence-electron chi connectivity index (χ3n) is 3.26. The van der Waals surface area contributed by atoms with Crippen molar-refractivity contribution in [1.29, 1.82) is 0 Å². The quantitative estimate of drug-likeness (QED) is 0.599. The van der Waals surface area contributed by atoms with Gasteiger partial charge >= 0.3 is 5.97 Å². The van der Waals surface area contributed by atoms with Crippen molar-refractivity contribution in [3.8, 4) is 0 Å². The van der Waals surface area contributed by atoms with Crippen LogP contribution in [0.1, 0.15) is 6.92 Å². The first-order chi connectivity index (χ1) is 9.38. The van der Waals surface area contributed by atoms with Crippen LogP contribution in [0.5, 0.6) is 0 Å². The normalized spacial score (nSPS) is 20.3. The Labute approximate surface area is 121 Å². The molecule has 0 saturated carbocycles. The van der Waals surface area contributed by atoms with Gasteiger partial charge in [-0.3, -0.25) is 13.9 Å². The summed E-state index contributed by atoms with van der Waals surface area (Å²) in [5.74, 6) is -1.17. The maximum absolute atomic E-state index is 11.9.